The van der Waals surface area contributed by atoms with Crippen LogP contribution in [0, 0.1) is 0 Å². The number of likely N-dealkylation sites (tertiary alicyclic amines) is 1. The minimum absolute atomic E-state index is 0. The molecule has 1 unspecified atom stereocenters. The van der Waals surface area contributed by atoms with E-state index in [1.807, 2.05) is 33.8 Å². The van der Waals surface area contributed by atoms with E-state index in [2.05, 4.69) is 15.9 Å². The van der Waals surface area contributed by atoms with Gasteiger partial charge in [0.15, 0.2) is 5.69 Å². The molecule has 2 N–H and O–H groups in total. The summed E-state index contributed by atoms with van der Waals surface area (Å²) >= 11 is 3.51. The number of nitrogens with zero attached hydrogens (tertiary/aromatic N) is 3. The zero-order chi connectivity index (χ0) is 16.7. The van der Waals surface area contributed by atoms with Crippen molar-refractivity contribution in [1.82, 2.24) is 14.7 Å². The lowest BCUT2D eigenvalue weighted by Gasteiger charge is -2.30. The topological polar surface area (TPSA) is 64.2 Å². The van der Waals surface area contributed by atoms with Crippen LogP contribution in [0.25, 0.3) is 5.69 Å². The van der Waals surface area contributed by atoms with Crippen LogP contribution in [0.1, 0.15) is 41.0 Å². The second kappa shape index (κ2) is 7.48. The molecule has 0 radical (unpaired) electrons. The fraction of sp³-hybridized carbons (Fsp3) is 0.444. The fourth-order valence-electron chi connectivity index (χ4n) is 3.77. The van der Waals surface area contributed by atoms with Gasteiger partial charge in [0.05, 0.1) is 5.69 Å². The van der Waals surface area contributed by atoms with Crippen LogP contribution in [0.2, 0.25) is 0 Å². The molecule has 4 rings (SSSR count). The Hall–Kier alpha value is -1.37. The van der Waals surface area contributed by atoms with Crippen LogP contribution in [0.4, 0.5) is 0 Å². The van der Waals surface area contributed by atoms with Gasteiger partial charge in [-0.1, -0.05) is 22.0 Å². The van der Waals surface area contributed by atoms with Gasteiger partial charge in [-0.25, -0.2) is 4.68 Å². The molecule has 7 heteroatoms. The van der Waals surface area contributed by atoms with E-state index in [-0.39, 0.29) is 24.4 Å². The summed E-state index contributed by atoms with van der Waals surface area (Å²) in [7, 11) is 0. The molecule has 0 saturated carbocycles. The molecule has 134 valence electrons. The lowest BCUT2D eigenvalue weighted by molar-refractivity contribution is 0.0701. The van der Waals surface area contributed by atoms with E-state index in [1.165, 1.54) is 5.69 Å². The van der Waals surface area contributed by atoms with Crippen molar-refractivity contribution in [1.29, 1.82) is 0 Å². The zero-order valence-corrected chi connectivity index (χ0v) is 16.4. The molecule has 1 aromatic carbocycles. The molecule has 0 spiro atoms. The molecule has 25 heavy (non-hydrogen) atoms. The predicted molar refractivity (Wildman–Crippen MR) is 104 cm³/mol. The number of hydrogen-bond donors (Lipinski definition) is 1. The second-order valence-electron chi connectivity index (χ2n) is 6.67. The largest absolute Gasteiger partial charge is 0.336 e. The summed E-state index contributed by atoms with van der Waals surface area (Å²) < 4.78 is 2.96. The summed E-state index contributed by atoms with van der Waals surface area (Å²) in [6.45, 7) is 1.42. The maximum Gasteiger partial charge on any atom is 0.274 e. The van der Waals surface area contributed by atoms with Gasteiger partial charge in [-0.3, -0.25) is 4.79 Å². The standard InChI is InChI=1S/C18H21BrN4O.ClH/c19-12-4-1-6-14(10-12)23-16-8-2-7-15(16)17(21-23)18(24)22-9-3-5-13(20)11-22;/h1,4,6,10,13H,2-3,5,7-9,11,20H2;1H. The van der Waals surface area contributed by atoms with E-state index in [9.17, 15) is 4.79 Å². The third kappa shape index (κ3) is 3.48. The molecule has 1 aliphatic heterocycles. The highest BCUT2D eigenvalue weighted by Gasteiger charge is 2.31. The SMILES string of the molecule is Cl.NC1CCCN(C(=O)c2nn(-c3cccc(Br)c3)c3c2CCC3)C1. The number of benzene rings is 1. The molecular formula is C18H22BrClN4O. The molecule has 2 heterocycles. The van der Waals surface area contributed by atoms with E-state index in [0.29, 0.717) is 12.2 Å². The molecule has 5 nitrogen and oxygen atoms in total. The van der Waals surface area contributed by atoms with E-state index in [4.69, 9.17) is 10.8 Å². The summed E-state index contributed by atoms with van der Waals surface area (Å²) in [5.74, 6) is 0.0389. The van der Waals surface area contributed by atoms with E-state index in [0.717, 1.165) is 54.4 Å². The first kappa shape index (κ1) is 18.4. The Morgan fingerprint density at radius 2 is 2.12 bits per heavy atom. The third-order valence-corrected chi connectivity index (χ3v) is 5.42. The van der Waals surface area contributed by atoms with Crippen molar-refractivity contribution in [2.75, 3.05) is 13.1 Å². The number of piperidine rings is 1. The Kier molecular flexibility index (Phi) is 5.51. The molecule has 0 bridgehead atoms. The fourth-order valence-corrected chi connectivity index (χ4v) is 4.16. The van der Waals surface area contributed by atoms with Crippen LogP contribution in [0.3, 0.4) is 0 Å². The Morgan fingerprint density at radius 3 is 2.88 bits per heavy atom. The van der Waals surface area contributed by atoms with Crippen LogP contribution in [0.5, 0.6) is 0 Å². The van der Waals surface area contributed by atoms with Gasteiger partial charge in [0.25, 0.3) is 5.91 Å². The Morgan fingerprint density at radius 1 is 1.28 bits per heavy atom. The number of aromatic nitrogens is 2. The lowest BCUT2D eigenvalue weighted by Crippen LogP contribution is -2.46. The lowest BCUT2D eigenvalue weighted by atomic mass is 10.1. The number of nitrogens with two attached hydrogens (primary N) is 1. The molecule has 1 fully saturated rings. The van der Waals surface area contributed by atoms with E-state index in [1.54, 1.807) is 0 Å². The van der Waals surface area contributed by atoms with Crippen LogP contribution >= 0.6 is 28.3 Å². The highest BCUT2D eigenvalue weighted by molar-refractivity contribution is 9.10. The van der Waals surface area contributed by atoms with Crippen molar-refractivity contribution >= 4 is 34.2 Å². The van der Waals surface area contributed by atoms with Gasteiger partial charge >= 0.3 is 0 Å². The van der Waals surface area contributed by atoms with Crippen LogP contribution in [-0.2, 0) is 12.8 Å². The van der Waals surface area contributed by atoms with Gasteiger partial charge in [-0.05, 0) is 50.3 Å². The molecular weight excluding hydrogens is 404 g/mol. The van der Waals surface area contributed by atoms with Crippen molar-refractivity contribution in [2.45, 2.75) is 38.1 Å². The van der Waals surface area contributed by atoms with Gasteiger partial charge in [0.1, 0.15) is 0 Å². The first-order valence-corrected chi connectivity index (χ1v) is 9.34. The van der Waals surface area contributed by atoms with E-state index >= 15 is 0 Å². The monoisotopic (exact) mass is 424 g/mol. The number of carbonyl (C=O) groups excluding carboxylic acids is 1. The van der Waals surface area contributed by atoms with Gasteiger partial charge in [-0.15, -0.1) is 12.4 Å². The van der Waals surface area contributed by atoms with Gasteiger partial charge in [-0.2, -0.15) is 5.10 Å². The minimum atomic E-state index is 0. The molecule has 2 aliphatic rings. The normalized spacial score (nSPS) is 19.4. The highest BCUT2D eigenvalue weighted by atomic mass is 79.9. The number of rotatable bonds is 2. The summed E-state index contributed by atoms with van der Waals surface area (Å²) in [5.41, 5.74) is 9.96. The summed E-state index contributed by atoms with van der Waals surface area (Å²) in [5, 5.41) is 4.71. The molecule has 1 aliphatic carbocycles. The third-order valence-electron chi connectivity index (χ3n) is 4.93. The number of fused-ring (bicyclic) bond motifs is 1. The minimum Gasteiger partial charge on any atom is -0.336 e. The molecule has 1 aromatic heterocycles. The van der Waals surface area contributed by atoms with Crippen molar-refractivity contribution in [2.24, 2.45) is 5.73 Å². The van der Waals surface area contributed by atoms with Crippen molar-refractivity contribution < 1.29 is 4.79 Å². The van der Waals surface area contributed by atoms with Crippen LogP contribution in [-0.4, -0.2) is 39.7 Å². The zero-order valence-electron chi connectivity index (χ0n) is 13.9. The number of hydrogen-bond acceptors (Lipinski definition) is 3. The van der Waals surface area contributed by atoms with Gasteiger partial charge in [0.2, 0.25) is 0 Å². The maximum absolute atomic E-state index is 13.0. The van der Waals surface area contributed by atoms with Crippen molar-refractivity contribution in [3.8, 4) is 5.69 Å². The predicted octanol–water partition coefficient (Wildman–Crippen LogP) is 3.11. The van der Waals surface area contributed by atoms with Crippen LogP contribution in [0.15, 0.2) is 28.7 Å². The smallest absolute Gasteiger partial charge is 0.274 e. The van der Waals surface area contributed by atoms with Crippen molar-refractivity contribution in [3.05, 3.63) is 45.7 Å². The number of halogens is 2. The molecule has 1 saturated heterocycles. The highest BCUT2D eigenvalue weighted by Crippen LogP contribution is 2.29. The molecule has 1 amide bonds. The average molecular weight is 426 g/mol. The summed E-state index contributed by atoms with van der Waals surface area (Å²) in [4.78, 5) is 14.9. The molecule has 2 aromatic rings. The first-order chi connectivity index (χ1) is 11.6. The first-order valence-electron chi connectivity index (χ1n) is 8.55. The Balaban J connectivity index is 0.00000182. The maximum atomic E-state index is 13.0. The number of amides is 1. The Bertz CT molecular complexity index is 791. The quantitative estimate of drug-likeness (QED) is 0.804. The van der Waals surface area contributed by atoms with Gasteiger partial charge < -0.3 is 10.6 Å². The number of carbonyl (C=O) groups is 1. The van der Waals surface area contributed by atoms with E-state index < -0.39 is 0 Å². The van der Waals surface area contributed by atoms with Gasteiger partial charge in [0, 0.05) is 34.9 Å². The second-order valence-corrected chi connectivity index (χ2v) is 7.59. The van der Waals surface area contributed by atoms with Crippen LogP contribution < -0.4 is 5.73 Å². The Labute approximate surface area is 162 Å². The summed E-state index contributed by atoms with van der Waals surface area (Å²) in [6, 6.07) is 8.14. The molecule has 1 atom stereocenters. The summed E-state index contributed by atoms with van der Waals surface area (Å²) in [6.07, 6.45) is 4.96. The average Bonchev–Trinajstić information content (AvgIpc) is 3.16. The van der Waals surface area contributed by atoms with Crippen molar-refractivity contribution in [3.63, 3.8) is 0 Å².